The van der Waals surface area contributed by atoms with E-state index in [0.29, 0.717) is 17.8 Å². The SMILES string of the molecule is FC(F)(F)c1[nH]ncc1[C@@H]1Nc2ccccc2[C@H]2[C@@H]3CC[C@@H](C3)[C@H]21. The van der Waals surface area contributed by atoms with E-state index >= 15 is 0 Å². The van der Waals surface area contributed by atoms with Crippen LogP contribution in [0, 0.1) is 17.8 Å². The molecule has 1 aromatic carbocycles. The van der Waals surface area contributed by atoms with Crippen molar-refractivity contribution < 1.29 is 13.2 Å². The Hall–Kier alpha value is -1.98. The van der Waals surface area contributed by atoms with Crippen LogP contribution in [0.4, 0.5) is 18.9 Å². The van der Waals surface area contributed by atoms with Gasteiger partial charge in [-0.15, -0.1) is 0 Å². The molecular formula is C18H18F3N3. The topological polar surface area (TPSA) is 40.7 Å². The lowest BCUT2D eigenvalue weighted by Crippen LogP contribution is -2.36. The fraction of sp³-hybridized carbons (Fsp3) is 0.500. The Labute approximate surface area is 137 Å². The highest BCUT2D eigenvalue weighted by molar-refractivity contribution is 5.59. The van der Waals surface area contributed by atoms with E-state index in [1.54, 1.807) is 0 Å². The number of aromatic nitrogens is 2. The lowest BCUT2D eigenvalue weighted by atomic mass is 9.68. The number of benzene rings is 1. The molecule has 3 nitrogen and oxygen atoms in total. The summed E-state index contributed by atoms with van der Waals surface area (Å²) in [6, 6.07) is 7.77. The zero-order valence-electron chi connectivity index (χ0n) is 13.0. The van der Waals surface area contributed by atoms with Gasteiger partial charge in [-0.2, -0.15) is 18.3 Å². The van der Waals surface area contributed by atoms with Crippen LogP contribution >= 0.6 is 0 Å². The van der Waals surface area contributed by atoms with E-state index in [0.717, 1.165) is 18.5 Å². The van der Waals surface area contributed by atoms with Crippen molar-refractivity contribution >= 4 is 5.69 Å². The molecule has 2 bridgehead atoms. The molecular weight excluding hydrogens is 315 g/mol. The smallest absolute Gasteiger partial charge is 0.378 e. The lowest BCUT2D eigenvalue weighted by Gasteiger charge is -2.43. The first kappa shape index (κ1) is 14.4. The molecule has 2 saturated carbocycles. The third-order valence-corrected chi connectivity index (χ3v) is 6.28. The van der Waals surface area contributed by atoms with Gasteiger partial charge in [0.05, 0.1) is 12.2 Å². The average molecular weight is 333 g/mol. The van der Waals surface area contributed by atoms with Crippen LogP contribution in [-0.4, -0.2) is 10.2 Å². The van der Waals surface area contributed by atoms with Gasteiger partial charge < -0.3 is 5.32 Å². The molecule has 0 unspecified atom stereocenters. The zero-order valence-corrected chi connectivity index (χ0v) is 13.0. The Bertz CT molecular complexity index is 782. The first-order valence-electron chi connectivity index (χ1n) is 8.50. The van der Waals surface area contributed by atoms with Crippen LogP contribution in [0.3, 0.4) is 0 Å². The third-order valence-electron chi connectivity index (χ3n) is 6.28. The highest BCUT2D eigenvalue weighted by Gasteiger charge is 2.55. The fourth-order valence-electron chi connectivity index (χ4n) is 5.50. The standard InChI is InChI=1S/C18H18F3N3/c19-18(20,21)17-12(8-22-24-17)16-15-10-6-5-9(7-10)14(15)11-3-1-2-4-13(11)23-16/h1-4,8-10,14-16,23H,5-7H2,(H,22,24)/t9-,10+,14-,15-,16+/m1/s1. The molecule has 5 rings (SSSR count). The second-order valence-electron chi connectivity index (χ2n) is 7.34. The van der Waals surface area contributed by atoms with Gasteiger partial charge in [0, 0.05) is 11.3 Å². The first-order valence-corrected chi connectivity index (χ1v) is 8.50. The number of nitrogens with one attached hydrogen (secondary N) is 2. The van der Waals surface area contributed by atoms with Crippen LogP contribution in [0.25, 0.3) is 0 Å². The van der Waals surface area contributed by atoms with Gasteiger partial charge in [-0.1, -0.05) is 18.2 Å². The van der Waals surface area contributed by atoms with E-state index in [2.05, 4.69) is 21.6 Å². The molecule has 6 heteroatoms. The second kappa shape index (κ2) is 4.77. The Balaban J connectivity index is 1.64. The molecule has 0 spiro atoms. The number of fused-ring (bicyclic) bond motifs is 7. The summed E-state index contributed by atoms with van der Waals surface area (Å²) in [5.74, 6) is 1.69. The van der Waals surface area contributed by atoms with Crippen LogP contribution in [0.5, 0.6) is 0 Å². The molecule has 126 valence electrons. The molecule has 1 aliphatic heterocycles. The Morgan fingerprint density at radius 1 is 1.04 bits per heavy atom. The number of anilines is 1. The highest BCUT2D eigenvalue weighted by atomic mass is 19.4. The van der Waals surface area contributed by atoms with Gasteiger partial charge in [-0.05, 0) is 54.6 Å². The second-order valence-corrected chi connectivity index (χ2v) is 7.34. The van der Waals surface area contributed by atoms with Crippen molar-refractivity contribution in [2.24, 2.45) is 17.8 Å². The minimum absolute atomic E-state index is 0.220. The van der Waals surface area contributed by atoms with E-state index in [4.69, 9.17) is 0 Å². The third kappa shape index (κ3) is 1.88. The van der Waals surface area contributed by atoms with E-state index in [1.165, 1.54) is 18.2 Å². The summed E-state index contributed by atoms with van der Waals surface area (Å²) in [7, 11) is 0. The lowest BCUT2D eigenvalue weighted by molar-refractivity contribution is -0.142. The quantitative estimate of drug-likeness (QED) is 0.792. The number of alkyl halides is 3. The monoisotopic (exact) mass is 333 g/mol. The van der Waals surface area contributed by atoms with E-state index in [9.17, 15) is 13.2 Å². The van der Waals surface area contributed by atoms with Gasteiger partial charge in [0.2, 0.25) is 0 Å². The predicted molar refractivity (Wildman–Crippen MR) is 83.5 cm³/mol. The predicted octanol–water partition coefficient (Wildman–Crippen LogP) is 4.73. The number of halogens is 3. The number of rotatable bonds is 1. The van der Waals surface area contributed by atoms with Gasteiger partial charge in [-0.25, -0.2) is 0 Å². The first-order chi connectivity index (χ1) is 11.5. The number of aromatic amines is 1. The molecule has 2 aliphatic carbocycles. The van der Waals surface area contributed by atoms with Crippen molar-refractivity contribution in [3.8, 4) is 0 Å². The summed E-state index contributed by atoms with van der Waals surface area (Å²) >= 11 is 0. The van der Waals surface area contributed by atoms with E-state index < -0.39 is 11.9 Å². The zero-order chi connectivity index (χ0) is 16.5. The van der Waals surface area contributed by atoms with Crippen molar-refractivity contribution in [1.29, 1.82) is 0 Å². The van der Waals surface area contributed by atoms with Crippen LogP contribution in [0.1, 0.15) is 48.0 Å². The summed E-state index contributed by atoms with van der Waals surface area (Å²) in [6.07, 6.45) is 0.423. The molecule has 24 heavy (non-hydrogen) atoms. The van der Waals surface area contributed by atoms with Gasteiger partial charge in [0.1, 0.15) is 5.69 Å². The van der Waals surface area contributed by atoms with E-state index in [-0.39, 0.29) is 17.5 Å². The molecule has 2 aromatic rings. The molecule has 1 aromatic heterocycles. The largest absolute Gasteiger partial charge is 0.433 e. The molecule has 0 radical (unpaired) electrons. The van der Waals surface area contributed by atoms with Crippen molar-refractivity contribution in [3.05, 3.63) is 47.3 Å². The van der Waals surface area contributed by atoms with Crippen LogP contribution in [0.15, 0.2) is 30.5 Å². The maximum absolute atomic E-state index is 13.4. The van der Waals surface area contributed by atoms with Crippen molar-refractivity contribution in [2.75, 3.05) is 5.32 Å². The molecule has 2 N–H and O–H groups in total. The number of nitrogens with zero attached hydrogens (tertiary/aromatic N) is 1. The van der Waals surface area contributed by atoms with Crippen molar-refractivity contribution in [1.82, 2.24) is 10.2 Å². The number of hydrogen-bond acceptors (Lipinski definition) is 2. The van der Waals surface area contributed by atoms with Gasteiger partial charge in [-0.3, -0.25) is 5.10 Å². The normalized spacial score (nSPS) is 33.9. The maximum atomic E-state index is 13.4. The number of H-pyrrole nitrogens is 1. The Morgan fingerprint density at radius 3 is 2.67 bits per heavy atom. The van der Waals surface area contributed by atoms with Gasteiger partial charge in [0.25, 0.3) is 0 Å². The molecule has 5 atom stereocenters. The summed E-state index contributed by atoms with van der Waals surface area (Å²) in [5, 5.41) is 9.30. The summed E-state index contributed by atoms with van der Waals surface area (Å²) in [4.78, 5) is 0. The van der Waals surface area contributed by atoms with Crippen LogP contribution in [0.2, 0.25) is 0 Å². The van der Waals surface area contributed by atoms with Gasteiger partial charge >= 0.3 is 6.18 Å². The van der Waals surface area contributed by atoms with Crippen LogP contribution < -0.4 is 5.32 Å². The molecule has 2 heterocycles. The van der Waals surface area contributed by atoms with Crippen molar-refractivity contribution in [3.63, 3.8) is 0 Å². The fourth-order valence-corrected chi connectivity index (χ4v) is 5.50. The average Bonchev–Trinajstić information content (AvgIpc) is 3.28. The highest BCUT2D eigenvalue weighted by Crippen LogP contribution is 2.64. The molecule has 3 aliphatic rings. The van der Waals surface area contributed by atoms with Crippen molar-refractivity contribution in [2.45, 2.75) is 37.4 Å². The number of hydrogen-bond donors (Lipinski definition) is 2. The maximum Gasteiger partial charge on any atom is 0.433 e. The van der Waals surface area contributed by atoms with Crippen LogP contribution in [-0.2, 0) is 6.18 Å². The Kier molecular flexibility index (Phi) is 2.86. The summed E-state index contributed by atoms with van der Waals surface area (Å²) < 4.78 is 40.1. The molecule has 0 saturated heterocycles. The van der Waals surface area contributed by atoms with Gasteiger partial charge in [0.15, 0.2) is 0 Å². The summed E-state index contributed by atoms with van der Waals surface area (Å²) in [5.41, 5.74) is 1.81. The summed E-state index contributed by atoms with van der Waals surface area (Å²) in [6.45, 7) is 0. The number of para-hydroxylation sites is 1. The minimum Gasteiger partial charge on any atom is -0.378 e. The minimum atomic E-state index is -4.41. The molecule has 2 fully saturated rings. The molecule has 0 amide bonds. The van der Waals surface area contributed by atoms with E-state index in [1.807, 2.05) is 18.2 Å². The Morgan fingerprint density at radius 2 is 1.83 bits per heavy atom.